The van der Waals surface area contributed by atoms with Crippen molar-refractivity contribution in [2.45, 2.75) is 19.3 Å². The maximum absolute atomic E-state index is 12.2. The molecule has 0 atom stereocenters. The number of morpholine rings is 1. The summed E-state index contributed by atoms with van der Waals surface area (Å²) in [5, 5.41) is 3.24. The van der Waals surface area contributed by atoms with E-state index in [1.807, 2.05) is 0 Å². The predicted octanol–water partition coefficient (Wildman–Crippen LogP) is 2.50. The standard InChI is InChI=1S/C19H25ClN8O2/c20-14-5-4-6-15(13-14)21-19(29)26-25-16-22-17(27-7-2-1-3-8-27)24-18(23-16)28-9-11-30-12-10-28/h4-6,13H,1-3,7-12H2,(H2,21,26,29)(H,22,23,24,25). The second kappa shape index (κ2) is 9.77. The molecule has 0 saturated carbocycles. The van der Waals surface area contributed by atoms with E-state index in [9.17, 15) is 4.79 Å². The first-order chi connectivity index (χ1) is 14.7. The number of hydrogen-bond donors (Lipinski definition) is 3. The van der Waals surface area contributed by atoms with Crippen LogP contribution in [0.5, 0.6) is 0 Å². The van der Waals surface area contributed by atoms with Crippen molar-refractivity contribution in [2.24, 2.45) is 0 Å². The molecule has 2 aliphatic rings. The average molecular weight is 433 g/mol. The molecule has 2 fully saturated rings. The van der Waals surface area contributed by atoms with Gasteiger partial charge in [-0.3, -0.25) is 5.43 Å². The second-order valence-corrected chi connectivity index (χ2v) is 7.56. The summed E-state index contributed by atoms with van der Waals surface area (Å²) in [4.78, 5) is 30.1. The number of rotatable bonds is 5. The third kappa shape index (κ3) is 5.39. The molecular weight excluding hydrogens is 408 g/mol. The average Bonchev–Trinajstić information content (AvgIpc) is 2.79. The molecule has 10 nitrogen and oxygen atoms in total. The summed E-state index contributed by atoms with van der Waals surface area (Å²) in [6.07, 6.45) is 3.44. The van der Waals surface area contributed by atoms with Crippen LogP contribution < -0.4 is 26.0 Å². The molecule has 2 saturated heterocycles. The number of aromatic nitrogens is 3. The van der Waals surface area contributed by atoms with Crippen LogP contribution in [0, 0.1) is 0 Å². The SMILES string of the molecule is O=C(NNc1nc(N2CCCCC2)nc(N2CCOCC2)n1)Nc1cccc(Cl)c1. The van der Waals surface area contributed by atoms with Crippen LogP contribution >= 0.6 is 11.6 Å². The fourth-order valence-corrected chi connectivity index (χ4v) is 3.58. The Morgan fingerprint density at radius 2 is 1.67 bits per heavy atom. The Morgan fingerprint density at radius 1 is 0.967 bits per heavy atom. The third-order valence-corrected chi connectivity index (χ3v) is 5.15. The molecule has 0 unspecified atom stereocenters. The van der Waals surface area contributed by atoms with Gasteiger partial charge in [-0.2, -0.15) is 15.0 Å². The predicted molar refractivity (Wildman–Crippen MR) is 116 cm³/mol. The van der Waals surface area contributed by atoms with E-state index in [2.05, 4.69) is 40.9 Å². The van der Waals surface area contributed by atoms with Crippen molar-refractivity contribution in [3.63, 3.8) is 0 Å². The van der Waals surface area contributed by atoms with E-state index in [4.69, 9.17) is 16.3 Å². The number of piperidine rings is 1. The molecule has 160 valence electrons. The van der Waals surface area contributed by atoms with Crippen LogP contribution in [0.15, 0.2) is 24.3 Å². The molecule has 2 aliphatic heterocycles. The minimum Gasteiger partial charge on any atom is -0.378 e. The number of nitrogens with one attached hydrogen (secondary N) is 3. The molecule has 3 N–H and O–H groups in total. The van der Waals surface area contributed by atoms with Crippen LogP contribution in [0.25, 0.3) is 0 Å². The van der Waals surface area contributed by atoms with E-state index in [-0.39, 0.29) is 5.95 Å². The molecule has 0 aliphatic carbocycles. The summed E-state index contributed by atoms with van der Waals surface area (Å²) in [6.45, 7) is 4.52. The second-order valence-electron chi connectivity index (χ2n) is 7.12. The van der Waals surface area contributed by atoms with Gasteiger partial charge in [0.2, 0.25) is 17.8 Å². The van der Waals surface area contributed by atoms with E-state index >= 15 is 0 Å². The molecule has 1 aromatic carbocycles. The molecule has 0 radical (unpaired) electrons. The number of halogens is 1. The number of hydrogen-bond acceptors (Lipinski definition) is 8. The molecule has 1 aromatic heterocycles. The normalized spacial score (nSPS) is 16.8. The minimum absolute atomic E-state index is 0.285. The number of hydrazine groups is 1. The van der Waals surface area contributed by atoms with Crippen LogP contribution in [0.4, 0.5) is 28.3 Å². The molecule has 0 spiro atoms. The monoisotopic (exact) mass is 432 g/mol. The highest BCUT2D eigenvalue weighted by atomic mass is 35.5. The number of nitrogens with zero attached hydrogens (tertiary/aromatic N) is 5. The van der Waals surface area contributed by atoms with Gasteiger partial charge in [-0.05, 0) is 37.5 Å². The number of anilines is 4. The Kier molecular flexibility index (Phi) is 6.65. The summed E-state index contributed by atoms with van der Waals surface area (Å²) in [6, 6.07) is 6.46. The van der Waals surface area contributed by atoms with Crippen molar-refractivity contribution in [1.29, 1.82) is 0 Å². The first kappa shape index (κ1) is 20.4. The highest BCUT2D eigenvalue weighted by Gasteiger charge is 2.20. The van der Waals surface area contributed by atoms with Crippen LogP contribution in [-0.2, 0) is 4.74 Å². The number of benzene rings is 1. The Balaban J connectivity index is 1.47. The van der Waals surface area contributed by atoms with E-state index < -0.39 is 6.03 Å². The molecule has 2 amide bonds. The highest BCUT2D eigenvalue weighted by molar-refractivity contribution is 6.30. The highest BCUT2D eigenvalue weighted by Crippen LogP contribution is 2.21. The van der Waals surface area contributed by atoms with Crippen LogP contribution in [-0.4, -0.2) is 60.4 Å². The van der Waals surface area contributed by atoms with Crippen molar-refractivity contribution in [1.82, 2.24) is 20.4 Å². The third-order valence-electron chi connectivity index (χ3n) is 4.91. The Morgan fingerprint density at radius 3 is 2.37 bits per heavy atom. The zero-order chi connectivity index (χ0) is 20.8. The summed E-state index contributed by atoms with van der Waals surface area (Å²) in [5.74, 6) is 1.48. The zero-order valence-corrected chi connectivity index (χ0v) is 17.4. The van der Waals surface area contributed by atoms with E-state index in [1.54, 1.807) is 24.3 Å². The lowest BCUT2D eigenvalue weighted by Crippen LogP contribution is -2.39. The lowest BCUT2D eigenvalue weighted by molar-refractivity contribution is 0.122. The topological polar surface area (TPSA) is 108 Å². The lowest BCUT2D eigenvalue weighted by Gasteiger charge is -2.30. The van der Waals surface area contributed by atoms with Gasteiger partial charge >= 0.3 is 6.03 Å². The fraction of sp³-hybridized carbons (Fsp3) is 0.474. The molecule has 30 heavy (non-hydrogen) atoms. The van der Waals surface area contributed by atoms with E-state index in [1.165, 1.54) is 6.42 Å². The van der Waals surface area contributed by atoms with Crippen molar-refractivity contribution in [3.8, 4) is 0 Å². The Bertz CT molecular complexity index is 835. The summed E-state index contributed by atoms with van der Waals surface area (Å²) in [5.41, 5.74) is 5.95. The number of amides is 2. The first-order valence-corrected chi connectivity index (χ1v) is 10.5. The Labute approximate surface area is 180 Å². The van der Waals surface area contributed by atoms with Gasteiger partial charge in [0.15, 0.2) is 0 Å². The van der Waals surface area contributed by atoms with Crippen molar-refractivity contribution in [2.75, 3.05) is 59.9 Å². The molecule has 11 heteroatoms. The zero-order valence-electron chi connectivity index (χ0n) is 16.6. The maximum Gasteiger partial charge on any atom is 0.337 e. The van der Waals surface area contributed by atoms with E-state index in [0.717, 1.165) is 25.9 Å². The van der Waals surface area contributed by atoms with Crippen molar-refractivity contribution >= 4 is 41.2 Å². The molecule has 3 heterocycles. The van der Waals surface area contributed by atoms with Gasteiger partial charge in [0.1, 0.15) is 0 Å². The van der Waals surface area contributed by atoms with Gasteiger partial charge in [0, 0.05) is 36.9 Å². The Hall–Kier alpha value is -2.85. The van der Waals surface area contributed by atoms with Gasteiger partial charge in [-0.1, -0.05) is 17.7 Å². The van der Waals surface area contributed by atoms with Crippen LogP contribution in [0.1, 0.15) is 19.3 Å². The number of ether oxygens (including phenoxy) is 1. The maximum atomic E-state index is 12.2. The minimum atomic E-state index is -0.454. The lowest BCUT2D eigenvalue weighted by atomic mass is 10.1. The summed E-state index contributed by atoms with van der Waals surface area (Å²) in [7, 11) is 0. The summed E-state index contributed by atoms with van der Waals surface area (Å²) < 4.78 is 5.43. The van der Waals surface area contributed by atoms with E-state index in [0.29, 0.717) is 48.9 Å². The number of urea groups is 1. The molecule has 0 bridgehead atoms. The molecule has 2 aromatic rings. The van der Waals surface area contributed by atoms with Crippen LogP contribution in [0.3, 0.4) is 0 Å². The largest absolute Gasteiger partial charge is 0.378 e. The quantitative estimate of drug-likeness (QED) is 0.618. The van der Waals surface area contributed by atoms with Gasteiger partial charge in [0.25, 0.3) is 0 Å². The number of carbonyl (C=O) groups excluding carboxylic acids is 1. The smallest absolute Gasteiger partial charge is 0.337 e. The van der Waals surface area contributed by atoms with Crippen molar-refractivity contribution < 1.29 is 9.53 Å². The van der Waals surface area contributed by atoms with Gasteiger partial charge in [-0.25, -0.2) is 10.2 Å². The fourth-order valence-electron chi connectivity index (χ4n) is 3.39. The number of carbonyl (C=O) groups is 1. The van der Waals surface area contributed by atoms with Crippen molar-refractivity contribution in [3.05, 3.63) is 29.3 Å². The van der Waals surface area contributed by atoms with Crippen LogP contribution in [0.2, 0.25) is 5.02 Å². The summed E-state index contributed by atoms with van der Waals surface area (Å²) >= 11 is 5.95. The van der Waals surface area contributed by atoms with Gasteiger partial charge in [0.05, 0.1) is 13.2 Å². The van der Waals surface area contributed by atoms with Gasteiger partial charge < -0.3 is 19.9 Å². The molecule has 4 rings (SSSR count). The molecular formula is C19H25ClN8O2. The first-order valence-electron chi connectivity index (χ1n) is 10.1. The van der Waals surface area contributed by atoms with Gasteiger partial charge in [-0.15, -0.1) is 0 Å².